The highest BCUT2D eigenvalue weighted by Crippen LogP contribution is 2.23. The van der Waals surface area contributed by atoms with Crippen molar-refractivity contribution < 1.29 is 14.7 Å². The molecule has 0 aromatic carbocycles. The van der Waals surface area contributed by atoms with Crippen LogP contribution in [0.3, 0.4) is 0 Å². The highest BCUT2D eigenvalue weighted by molar-refractivity contribution is 5.89. The summed E-state index contributed by atoms with van der Waals surface area (Å²) in [5, 5.41) is 17.6. The molecule has 0 saturated heterocycles. The number of hydroxylamine groups is 2. The fraction of sp³-hybridized carbons (Fsp3) is 0.182. The Morgan fingerprint density at radius 1 is 1.41 bits per heavy atom. The van der Waals surface area contributed by atoms with E-state index in [4.69, 9.17) is 9.94 Å². The van der Waals surface area contributed by atoms with E-state index in [1.807, 2.05) is 0 Å². The number of rotatable bonds is 2. The van der Waals surface area contributed by atoms with Gasteiger partial charge in [0.15, 0.2) is 5.70 Å². The molecule has 0 aromatic heterocycles. The highest BCUT2D eigenvalue weighted by atomic mass is 16.5. The zero-order valence-corrected chi connectivity index (χ0v) is 9.20. The molecule has 0 radical (unpaired) electrons. The number of esters is 1. The largest absolute Gasteiger partial charge is 0.461 e. The smallest absolute Gasteiger partial charge is 0.358 e. The third-order valence-corrected chi connectivity index (χ3v) is 2.13. The van der Waals surface area contributed by atoms with Crippen LogP contribution < -0.4 is 0 Å². The van der Waals surface area contributed by atoms with Gasteiger partial charge in [0.1, 0.15) is 0 Å². The van der Waals surface area contributed by atoms with Crippen LogP contribution in [0.15, 0.2) is 57.8 Å². The molecule has 2 rings (SSSR count). The molecule has 2 aliphatic rings. The molecule has 0 spiro atoms. The quantitative estimate of drug-likeness (QED) is 0.739. The maximum absolute atomic E-state index is 11.4. The lowest BCUT2D eigenvalue weighted by molar-refractivity contribution is -0.138. The molecule has 0 aliphatic carbocycles. The van der Waals surface area contributed by atoms with Gasteiger partial charge in [0.05, 0.1) is 12.3 Å². The van der Waals surface area contributed by atoms with Crippen molar-refractivity contribution in [1.29, 1.82) is 0 Å². The van der Waals surface area contributed by atoms with Gasteiger partial charge in [-0.2, -0.15) is 0 Å². The third-order valence-electron chi connectivity index (χ3n) is 2.13. The predicted octanol–water partition coefficient (Wildman–Crippen LogP) is 1.89. The summed E-state index contributed by atoms with van der Waals surface area (Å²) in [6, 6.07) is 0. The van der Waals surface area contributed by atoms with Crippen molar-refractivity contribution in [3.8, 4) is 0 Å². The van der Waals surface area contributed by atoms with Gasteiger partial charge < -0.3 is 4.74 Å². The Bertz CT molecular complexity index is 470. The van der Waals surface area contributed by atoms with E-state index in [1.54, 1.807) is 25.2 Å². The maximum Gasteiger partial charge on any atom is 0.358 e. The Morgan fingerprint density at radius 3 is 2.76 bits per heavy atom. The van der Waals surface area contributed by atoms with Crippen molar-refractivity contribution >= 4 is 5.97 Å². The summed E-state index contributed by atoms with van der Waals surface area (Å²) in [4.78, 5) is 11.4. The van der Waals surface area contributed by atoms with E-state index in [9.17, 15) is 4.79 Å². The average Bonchev–Trinajstić information content (AvgIpc) is 2.80. The number of azo groups is 1. The molecule has 0 fully saturated rings. The minimum Gasteiger partial charge on any atom is -0.461 e. The molecule has 0 saturated carbocycles. The van der Waals surface area contributed by atoms with Crippen molar-refractivity contribution in [2.45, 2.75) is 6.92 Å². The Labute approximate surface area is 97.8 Å². The van der Waals surface area contributed by atoms with Gasteiger partial charge in [0, 0.05) is 24.0 Å². The minimum atomic E-state index is -0.487. The first kappa shape index (κ1) is 11.3. The van der Waals surface area contributed by atoms with E-state index >= 15 is 0 Å². The van der Waals surface area contributed by atoms with Crippen LogP contribution in [0.1, 0.15) is 6.92 Å². The highest BCUT2D eigenvalue weighted by Gasteiger charge is 2.17. The summed E-state index contributed by atoms with van der Waals surface area (Å²) < 4.78 is 4.81. The maximum atomic E-state index is 11.4. The molecule has 17 heavy (non-hydrogen) atoms. The van der Waals surface area contributed by atoms with Crippen molar-refractivity contribution in [2.24, 2.45) is 10.2 Å². The third kappa shape index (κ3) is 2.48. The second kappa shape index (κ2) is 4.75. The zero-order chi connectivity index (χ0) is 12.3. The van der Waals surface area contributed by atoms with E-state index in [2.05, 4.69) is 10.2 Å². The summed E-state index contributed by atoms with van der Waals surface area (Å²) in [6.45, 7) is 2.03. The van der Waals surface area contributed by atoms with E-state index in [0.717, 1.165) is 10.6 Å². The molecule has 6 heteroatoms. The van der Waals surface area contributed by atoms with Gasteiger partial charge in [-0.3, -0.25) is 5.21 Å². The van der Waals surface area contributed by atoms with Crippen LogP contribution in [0.2, 0.25) is 0 Å². The molecular weight excluding hydrogens is 222 g/mol. The second-order valence-electron chi connectivity index (χ2n) is 3.30. The summed E-state index contributed by atoms with van der Waals surface area (Å²) in [6.07, 6.45) is 7.81. The average molecular weight is 233 g/mol. The van der Waals surface area contributed by atoms with Crippen molar-refractivity contribution in [3.63, 3.8) is 0 Å². The van der Waals surface area contributed by atoms with Gasteiger partial charge in [-0.25, -0.2) is 9.86 Å². The molecule has 88 valence electrons. The van der Waals surface area contributed by atoms with Crippen molar-refractivity contribution in [1.82, 2.24) is 5.06 Å². The molecule has 1 N–H and O–H groups in total. The van der Waals surface area contributed by atoms with E-state index in [1.165, 1.54) is 12.4 Å². The predicted molar refractivity (Wildman–Crippen MR) is 58.5 cm³/mol. The number of carbonyl (C=O) groups is 1. The van der Waals surface area contributed by atoms with E-state index < -0.39 is 5.97 Å². The number of hydrogen-bond donors (Lipinski definition) is 1. The summed E-state index contributed by atoms with van der Waals surface area (Å²) in [5.74, 6) is -0.487. The normalized spacial score (nSPS) is 17.8. The lowest BCUT2D eigenvalue weighted by Gasteiger charge is -2.09. The van der Waals surface area contributed by atoms with Crippen LogP contribution in [0.4, 0.5) is 0 Å². The Kier molecular flexibility index (Phi) is 3.15. The molecule has 0 bridgehead atoms. The number of carbonyl (C=O) groups excluding carboxylic acids is 1. The van der Waals surface area contributed by atoms with Crippen molar-refractivity contribution in [2.75, 3.05) is 6.61 Å². The molecule has 2 aliphatic heterocycles. The SMILES string of the molecule is CCOC(=O)C1=CC(=C2C=CN(O)C=C2)N=N1. The number of ether oxygens (including phenoxy) is 1. The standard InChI is InChI=1S/C11H11N3O3/c1-2-17-11(15)10-7-9(12-13-10)8-3-5-14(16)6-4-8/h3-7,16H,2H2,1H3. The van der Waals surface area contributed by atoms with Gasteiger partial charge in [0.2, 0.25) is 0 Å². The van der Waals surface area contributed by atoms with E-state index in [-0.39, 0.29) is 5.70 Å². The van der Waals surface area contributed by atoms with Gasteiger partial charge in [-0.05, 0) is 19.1 Å². The Balaban J connectivity index is 2.20. The molecule has 0 atom stereocenters. The fourth-order valence-corrected chi connectivity index (χ4v) is 1.33. The Morgan fingerprint density at radius 2 is 2.12 bits per heavy atom. The molecule has 6 nitrogen and oxygen atoms in total. The van der Waals surface area contributed by atoms with Crippen LogP contribution in [-0.4, -0.2) is 22.8 Å². The lowest BCUT2D eigenvalue weighted by atomic mass is 10.1. The zero-order valence-electron chi connectivity index (χ0n) is 9.20. The van der Waals surface area contributed by atoms with Gasteiger partial charge in [-0.15, -0.1) is 10.2 Å². The monoisotopic (exact) mass is 233 g/mol. The first-order valence-electron chi connectivity index (χ1n) is 5.09. The topological polar surface area (TPSA) is 74.5 Å². The first-order chi connectivity index (χ1) is 8.20. The molecular formula is C11H11N3O3. The molecule has 0 amide bonds. The number of allylic oxidation sites excluding steroid dienone is 4. The van der Waals surface area contributed by atoms with Crippen LogP contribution in [0, 0.1) is 0 Å². The number of hydrogen-bond acceptors (Lipinski definition) is 6. The van der Waals surface area contributed by atoms with Crippen LogP contribution >= 0.6 is 0 Å². The van der Waals surface area contributed by atoms with Crippen LogP contribution in [0.5, 0.6) is 0 Å². The summed E-state index contributed by atoms with van der Waals surface area (Å²) in [5.41, 5.74) is 1.51. The minimum absolute atomic E-state index is 0.183. The Hall–Kier alpha value is -2.21. The molecule has 0 unspecified atom stereocenters. The second-order valence-corrected chi connectivity index (χ2v) is 3.30. The summed E-state index contributed by atoms with van der Waals surface area (Å²) >= 11 is 0. The van der Waals surface area contributed by atoms with Gasteiger partial charge >= 0.3 is 5.97 Å². The number of nitrogens with zero attached hydrogens (tertiary/aromatic N) is 3. The van der Waals surface area contributed by atoms with E-state index in [0.29, 0.717) is 12.3 Å². The molecule has 2 heterocycles. The summed E-state index contributed by atoms with van der Waals surface area (Å²) in [7, 11) is 0. The van der Waals surface area contributed by atoms with Gasteiger partial charge in [0.25, 0.3) is 0 Å². The fourth-order valence-electron chi connectivity index (χ4n) is 1.33. The lowest BCUT2D eigenvalue weighted by Crippen LogP contribution is -2.05. The van der Waals surface area contributed by atoms with Gasteiger partial charge in [-0.1, -0.05) is 0 Å². The van der Waals surface area contributed by atoms with Crippen LogP contribution in [-0.2, 0) is 9.53 Å². The molecule has 0 aromatic rings. The first-order valence-corrected chi connectivity index (χ1v) is 5.09. The van der Waals surface area contributed by atoms with Crippen LogP contribution in [0.25, 0.3) is 0 Å². The van der Waals surface area contributed by atoms with Crippen molar-refractivity contribution in [3.05, 3.63) is 47.6 Å².